The summed E-state index contributed by atoms with van der Waals surface area (Å²) in [6.45, 7) is 5.70. The number of hydrogen-bond donors (Lipinski definition) is 2. The third-order valence-corrected chi connectivity index (χ3v) is 4.88. The zero-order valence-electron chi connectivity index (χ0n) is 18.1. The molecule has 0 fully saturated rings. The average Bonchev–Trinajstić information content (AvgIpc) is 3.28. The van der Waals surface area contributed by atoms with Gasteiger partial charge in [-0.25, -0.2) is 4.98 Å². The number of carbonyl (C=O) groups is 2. The Balaban J connectivity index is 1.66. The lowest BCUT2D eigenvalue weighted by molar-refractivity contribution is -0.123. The van der Waals surface area contributed by atoms with E-state index in [1.54, 1.807) is 24.4 Å². The maximum absolute atomic E-state index is 12.5. The molecule has 3 rings (SSSR count). The van der Waals surface area contributed by atoms with Crippen molar-refractivity contribution in [1.82, 2.24) is 15.6 Å². The van der Waals surface area contributed by atoms with Gasteiger partial charge in [-0.2, -0.15) is 0 Å². The molecule has 0 aliphatic rings. The molecule has 7 heteroatoms. The first-order valence-electron chi connectivity index (χ1n) is 10.2. The topological polar surface area (TPSA) is 93.5 Å². The molecule has 2 N–H and O–H groups in total. The molecular formula is C24H27N3O4. The summed E-state index contributed by atoms with van der Waals surface area (Å²) < 4.78 is 11.6. The third kappa shape index (κ3) is 5.51. The van der Waals surface area contributed by atoms with Gasteiger partial charge in [-0.3, -0.25) is 9.59 Å². The second-order valence-electron chi connectivity index (χ2n) is 7.52. The van der Waals surface area contributed by atoms with Crippen LogP contribution in [0.25, 0.3) is 11.5 Å². The van der Waals surface area contributed by atoms with Gasteiger partial charge in [0.05, 0.1) is 6.20 Å². The molecule has 1 aromatic carbocycles. The van der Waals surface area contributed by atoms with Crippen LogP contribution in [0.3, 0.4) is 0 Å². The van der Waals surface area contributed by atoms with Crippen LogP contribution in [0.4, 0.5) is 0 Å². The van der Waals surface area contributed by atoms with Gasteiger partial charge in [0.1, 0.15) is 23.6 Å². The van der Waals surface area contributed by atoms with Gasteiger partial charge in [-0.15, -0.1) is 0 Å². The lowest BCUT2D eigenvalue weighted by atomic mass is 10.0. The molecule has 0 radical (unpaired) electrons. The van der Waals surface area contributed by atoms with Gasteiger partial charge in [0, 0.05) is 7.05 Å². The van der Waals surface area contributed by atoms with Gasteiger partial charge in [-0.05, 0) is 42.7 Å². The minimum atomic E-state index is -0.646. The van der Waals surface area contributed by atoms with Crippen LogP contribution in [0.1, 0.15) is 43.0 Å². The summed E-state index contributed by atoms with van der Waals surface area (Å²) in [5.74, 6) is 0.432. The van der Waals surface area contributed by atoms with Crippen molar-refractivity contribution in [2.24, 2.45) is 5.92 Å². The van der Waals surface area contributed by atoms with E-state index in [2.05, 4.69) is 15.6 Å². The standard InChI is InChI=1S/C24H27N3O4/c1-15(2)22(24(29)25-4)27-23(28)21-13-12-20(31-21)19-11-10-18(14-26-19)30-16(3)17-8-6-5-7-9-17/h5-16,22H,1-4H3,(H,25,29)(H,27,28). The first kappa shape index (κ1) is 22.1. The predicted molar refractivity (Wildman–Crippen MR) is 118 cm³/mol. The van der Waals surface area contributed by atoms with E-state index in [1.165, 1.54) is 7.05 Å². The van der Waals surface area contributed by atoms with Gasteiger partial charge in [0.2, 0.25) is 5.91 Å². The summed E-state index contributed by atoms with van der Waals surface area (Å²) in [6, 6.07) is 16.1. The van der Waals surface area contributed by atoms with Crippen molar-refractivity contribution in [3.63, 3.8) is 0 Å². The van der Waals surface area contributed by atoms with Gasteiger partial charge >= 0.3 is 0 Å². The molecule has 162 valence electrons. The molecule has 3 aromatic rings. The Morgan fingerprint density at radius 2 is 1.74 bits per heavy atom. The molecule has 0 saturated carbocycles. The molecule has 0 aliphatic carbocycles. The first-order chi connectivity index (χ1) is 14.9. The van der Waals surface area contributed by atoms with Gasteiger partial charge in [0.15, 0.2) is 11.5 Å². The third-order valence-electron chi connectivity index (χ3n) is 4.88. The number of rotatable bonds is 8. The summed E-state index contributed by atoms with van der Waals surface area (Å²) in [7, 11) is 1.54. The quantitative estimate of drug-likeness (QED) is 0.574. The SMILES string of the molecule is CNC(=O)C(NC(=O)c1ccc(-c2ccc(OC(C)c3ccccc3)cn2)o1)C(C)C. The van der Waals surface area contributed by atoms with Gasteiger partial charge in [0.25, 0.3) is 5.91 Å². The Bertz CT molecular complexity index is 1010. The maximum atomic E-state index is 12.5. The zero-order chi connectivity index (χ0) is 22.4. The Morgan fingerprint density at radius 1 is 1.00 bits per heavy atom. The van der Waals surface area contributed by atoms with E-state index in [0.29, 0.717) is 17.2 Å². The molecule has 2 heterocycles. The number of benzene rings is 1. The van der Waals surface area contributed by atoms with Crippen LogP contribution in [0.2, 0.25) is 0 Å². The second kappa shape index (κ2) is 9.93. The molecule has 0 spiro atoms. The number of carbonyl (C=O) groups excluding carboxylic acids is 2. The van der Waals surface area contributed by atoms with Crippen LogP contribution in [-0.2, 0) is 4.79 Å². The molecule has 0 bridgehead atoms. The molecule has 31 heavy (non-hydrogen) atoms. The van der Waals surface area contributed by atoms with Crippen LogP contribution >= 0.6 is 0 Å². The van der Waals surface area contributed by atoms with Crippen LogP contribution < -0.4 is 15.4 Å². The Hall–Kier alpha value is -3.61. The van der Waals surface area contributed by atoms with Crippen LogP contribution in [-0.4, -0.2) is 29.9 Å². The Morgan fingerprint density at radius 3 is 2.35 bits per heavy atom. The van der Waals surface area contributed by atoms with Gasteiger partial charge < -0.3 is 19.8 Å². The number of furan rings is 1. The van der Waals surface area contributed by atoms with E-state index in [4.69, 9.17) is 9.15 Å². The molecule has 2 unspecified atom stereocenters. The average molecular weight is 421 g/mol. The number of ether oxygens (including phenoxy) is 1. The predicted octanol–water partition coefficient (Wildman–Crippen LogP) is 3.98. The molecule has 2 amide bonds. The zero-order valence-corrected chi connectivity index (χ0v) is 18.1. The van der Waals surface area contributed by atoms with E-state index in [1.807, 2.05) is 57.2 Å². The highest BCUT2D eigenvalue weighted by Crippen LogP contribution is 2.25. The normalized spacial score (nSPS) is 12.8. The molecule has 2 atom stereocenters. The van der Waals surface area contributed by atoms with E-state index in [9.17, 15) is 9.59 Å². The fourth-order valence-corrected chi connectivity index (χ4v) is 3.09. The first-order valence-corrected chi connectivity index (χ1v) is 10.2. The van der Waals surface area contributed by atoms with Crippen molar-refractivity contribution in [3.05, 3.63) is 72.1 Å². The van der Waals surface area contributed by atoms with Crippen LogP contribution in [0.15, 0.2) is 65.2 Å². The van der Waals surface area contributed by atoms with Crippen LogP contribution in [0.5, 0.6) is 5.75 Å². The van der Waals surface area contributed by atoms with Crippen molar-refractivity contribution < 1.29 is 18.7 Å². The number of aromatic nitrogens is 1. The summed E-state index contributed by atoms with van der Waals surface area (Å²) in [5, 5.41) is 5.27. The summed E-state index contributed by atoms with van der Waals surface area (Å²) in [5.41, 5.74) is 1.65. The minimum absolute atomic E-state index is 0.0641. The number of amides is 2. The Labute approximate surface area is 181 Å². The lowest BCUT2D eigenvalue weighted by Gasteiger charge is -2.19. The van der Waals surface area contributed by atoms with Crippen molar-refractivity contribution in [2.75, 3.05) is 7.05 Å². The van der Waals surface area contributed by atoms with E-state index in [0.717, 1.165) is 5.56 Å². The molecule has 2 aromatic heterocycles. The lowest BCUT2D eigenvalue weighted by Crippen LogP contribution is -2.48. The Kier molecular flexibility index (Phi) is 7.07. The van der Waals surface area contributed by atoms with Crippen LogP contribution in [0, 0.1) is 5.92 Å². The fourth-order valence-electron chi connectivity index (χ4n) is 3.09. The van der Waals surface area contributed by atoms with Crippen molar-refractivity contribution in [2.45, 2.75) is 32.9 Å². The maximum Gasteiger partial charge on any atom is 0.287 e. The summed E-state index contributed by atoms with van der Waals surface area (Å²) >= 11 is 0. The highest BCUT2D eigenvalue weighted by Gasteiger charge is 2.25. The molecule has 0 aliphatic heterocycles. The number of hydrogen-bond acceptors (Lipinski definition) is 5. The monoisotopic (exact) mass is 421 g/mol. The molecule has 7 nitrogen and oxygen atoms in total. The number of likely N-dealkylation sites (N-methyl/N-ethyl adjacent to an activating group) is 1. The molecular weight excluding hydrogens is 394 g/mol. The van der Waals surface area contributed by atoms with Crippen molar-refractivity contribution in [3.8, 4) is 17.2 Å². The van der Waals surface area contributed by atoms with E-state index in [-0.39, 0.29) is 23.7 Å². The van der Waals surface area contributed by atoms with Gasteiger partial charge in [-0.1, -0.05) is 44.2 Å². The summed E-state index contributed by atoms with van der Waals surface area (Å²) in [4.78, 5) is 28.9. The largest absolute Gasteiger partial charge is 0.484 e. The second-order valence-corrected chi connectivity index (χ2v) is 7.52. The summed E-state index contributed by atoms with van der Waals surface area (Å²) in [6.07, 6.45) is 1.51. The van der Waals surface area contributed by atoms with Crippen molar-refractivity contribution >= 4 is 11.8 Å². The number of pyridine rings is 1. The van der Waals surface area contributed by atoms with Crippen molar-refractivity contribution in [1.29, 1.82) is 0 Å². The minimum Gasteiger partial charge on any atom is -0.484 e. The van der Waals surface area contributed by atoms with E-state index >= 15 is 0 Å². The fraction of sp³-hybridized carbons (Fsp3) is 0.292. The molecule has 0 saturated heterocycles. The van der Waals surface area contributed by atoms with E-state index < -0.39 is 11.9 Å². The highest BCUT2D eigenvalue weighted by atomic mass is 16.5. The number of nitrogens with one attached hydrogen (secondary N) is 2. The number of nitrogens with zero attached hydrogens (tertiary/aromatic N) is 1. The smallest absolute Gasteiger partial charge is 0.287 e. The highest BCUT2D eigenvalue weighted by molar-refractivity contribution is 5.95.